The first-order valence-electron chi connectivity index (χ1n) is 4.99. The van der Waals surface area contributed by atoms with E-state index in [-0.39, 0.29) is 10.6 Å². The second kappa shape index (κ2) is 6.87. The van der Waals surface area contributed by atoms with Crippen LogP contribution in [0.15, 0.2) is 28.2 Å². The summed E-state index contributed by atoms with van der Waals surface area (Å²) in [5.74, 6) is -0.762. The molecule has 3 N–H and O–H groups in total. The second-order valence-corrected chi connectivity index (χ2v) is 4.75. The third-order valence-electron chi connectivity index (χ3n) is 2.01. The Morgan fingerprint density at radius 2 is 2.32 bits per heavy atom. The third-order valence-corrected chi connectivity index (χ3v) is 2.72. The Morgan fingerprint density at radius 3 is 2.84 bits per heavy atom. The second-order valence-electron chi connectivity index (χ2n) is 3.40. The van der Waals surface area contributed by atoms with Crippen LogP contribution in [0.25, 0.3) is 6.08 Å². The average molecular weight is 341 g/mol. The topological polar surface area (TPSA) is 96.3 Å². The fourth-order valence-electron chi connectivity index (χ4n) is 1.22. The molecule has 0 aromatic heterocycles. The first kappa shape index (κ1) is 15.1. The molecule has 19 heavy (non-hydrogen) atoms. The van der Waals surface area contributed by atoms with Crippen LogP contribution < -0.4 is 10.5 Å². The molecule has 0 radical (unpaired) electrons. The summed E-state index contributed by atoms with van der Waals surface area (Å²) in [4.78, 5) is 10.5. The van der Waals surface area contributed by atoms with Gasteiger partial charge in [0, 0.05) is 10.0 Å². The fourth-order valence-corrected chi connectivity index (χ4v) is 1.70. The summed E-state index contributed by atoms with van der Waals surface area (Å²) < 4.78 is 5.87. The number of hydrogen-bond donors (Lipinski definition) is 2. The molecule has 0 saturated heterocycles. The lowest BCUT2D eigenvalue weighted by atomic mass is 10.1. The highest BCUT2D eigenvalue weighted by molar-refractivity contribution is 9.10. The number of nitrogens with zero attached hydrogens (tertiary/aromatic N) is 1. The normalized spacial score (nSPS) is 10.6. The molecule has 0 fully saturated rings. The molecular formula is C12H9BrN2O3S. The Bertz CT molecular complexity index is 593. The molecule has 1 aromatic rings. The van der Waals surface area contributed by atoms with Gasteiger partial charge in [0.25, 0.3) is 0 Å². The highest BCUT2D eigenvalue weighted by atomic mass is 79.9. The summed E-state index contributed by atoms with van der Waals surface area (Å²) in [6.45, 7) is -0.475. The zero-order chi connectivity index (χ0) is 14.4. The van der Waals surface area contributed by atoms with Crippen LogP contribution >= 0.6 is 28.1 Å². The maximum Gasteiger partial charge on any atom is 0.341 e. The lowest BCUT2D eigenvalue weighted by molar-refractivity contribution is -0.139. The Kier molecular flexibility index (Phi) is 5.48. The molecule has 0 aliphatic rings. The molecule has 1 rings (SSSR count). The van der Waals surface area contributed by atoms with Gasteiger partial charge in [-0.3, -0.25) is 0 Å². The van der Waals surface area contributed by atoms with Crippen molar-refractivity contribution in [3.05, 3.63) is 33.8 Å². The Labute approximate surface area is 123 Å². The zero-order valence-electron chi connectivity index (χ0n) is 9.59. The minimum atomic E-state index is -1.09. The molecule has 0 aliphatic carbocycles. The molecule has 0 spiro atoms. The molecule has 0 amide bonds. The maximum absolute atomic E-state index is 10.5. The van der Waals surface area contributed by atoms with Crippen LogP contribution in [-0.2, 0) is 4.79 Å². The smallest absolute Gasteiger partial charge is 0.341 e. The predicted molar refractivity (Wildman–Crippen MR) is 77.6 cm³/mol. The number of nitrogens with two attached hydrogens (primary N) is 1. The molecule has 0 atom stereocenters. The largest absolute Gasteiger partial charge is 0.481 e. The molecule has 0 unspecified atom stereocenters. The maximum atomic E-state index is 10.5. The standard InChI is InChI=1S/C12H9BrN2O3S/c13-9-1-2-10(18-6-11(16)17)7(4-9)3-8(5-14)12(15)19/h1-4H,6H2,(H2,15,19)(H,16,17)/b8-3+. The number of halogens is 1. The molecular weight excluding hydrogens is 332 g/mol. The summed E-state index contributed by atoms with van der Waals surface area (Å²) in [5, 5.41) is 17.5. The molecule has 0 heterocycles. The van der Waals surface area contributed by atoms with Crippen molar-refractivity contribution in [2.24, 2.45) is 5.73 Å². The van der Waals surface area contributed by atoms with Crippen LogP contribution in [0.4, 0.5) is 0 Å². The highest BCUT2D eigenvalue weighted by Crippen LogP contribution is 2.25. The van der Waals surface area contributed by atoms with Crippen molar-refractivity contribution in [3.63, 3.8) is 0 Å². The minimum absolute atomic E-state index is 0.0355. The number of benzene rings is 1. The Balaban J connectivity index is 3.17. The van der Waals surface area contributed by atoms with E-state index < -0.39 is 12.6 Å². The van der Waals surface area contributed by atoms with Crippen molar-refractivity contribution >= 4 is 45.2 Å². The third kappa shape index (κ3) is 4.69. The zero-order valence-corrected chi connectivity index (χ0v) is 12.0. The van der Waals surface area contributed by atoms with Gasteiger partial charge in [-0.05, 0) is 24.3 Å². The number of carboxylic acids is 1. The van der Waals surface area contributed by atoms with Crippen molar-refractivity contribution in [1.29, 1.82) is 5.26 Å². The predicted octanol–water partition coefficient (Wildman–Crippen LogP) is 2.11. The summed E-state index contributed by atoms with van der Waals surface area (Å²) in [5.41, 5.74) is 6.03. The van der Waals surface area contributed by atoms with E-state index >= 15 is 0 Å². The van der Waals surface area contributed by atoms with Gasteiger partial charge in [-0.1, -0.05) is 28.1 Å². The SMILES string of the molecule is N#C/C(=C\c1cc(Br)ccc1OCC(=O)O)C(N)=S. The Hall–Kier alpha value is -1.91. The number of hydrogen-bond acceptors (Lipinski definition) is 4. The van der Waals surface area contributed by atoms with Gasteiger partial charge in [0.05, 0.1) is 5.57 Å². The number of carbonyl (C=O) groups is 1. The monoisotopic (exact) mass is 340 g/mol. The van der Waals surface area contributed by atoms with E-state index in [1.807, 2.05) is 6.07 Å². The molecule has 0 saturated carbocycles. The number of nitriles is 1. The minimum Gasteiger partial charge on any atom is -0.481 e. The van der Waals surface area contributed by atoms with Gasteiger partial charge in [0.2, 0.25) is 0 Å². The summed E-state index contributed by atoms with van der Waals surface area (Å²) in [7, 11) is 0. The average Bonchev–Trinajstić information content (AvgIpc) is 2.34. The van der Waals surface area contributed by atoms with E-state index in [0.717, 1.165) is 4.47 Å². The lowest BCUT2D eigenvalue weighted by Crippen LogP contribution is -2.11. The molecule has 7 heteroatoms. The first-order valence-corrected chi connectivity index (χ1v) is 6.20. The van der Waals surface area contributed by atoms with Crippen LogP contribution in [-0.4, -0.2) is 22.7 Å². The van der Waals surface area contributed by atoms with Gasteiger partial charge >= 0.3 is 5.97 Å². The van der Waals surface area contributed by atoms with E-state index in [1.54, 1.807) is 18.2 Å². The quantitative estimate of drug-likeness (QED) is 0.484. The van der Waals surface area contributed by atoms with Crippen molar-refractivity contribution in [3.8, 4) is 11.8 Å². The van der Waals surface area contributed by atoms with E-state index in [2.05, 4.69) is 15.9 Å². The first-order chi connectivity index (χ1) is 8.93. The van der Waals surface area contributed by atoms with Crippen LogP contribution in [0, 0.1) is 11.3 Å². The van der Waals surface area contributed by atoms with Crippen LogP contribution in [0.1, 0.15) is 5.56 Å². The summed E-state index contributed by atoms with van der Waals surface area (Å²) in [6, 6.07) is 6.83. The number of carboxylic acid groups (broad SMARTS) is 1. The van der Waals surface area contributed by atoms with E-state index in [1.165, 1.54) is 6.08 Å². The van der Waals surface area contributed by atoms with E-state index in [9.17, 15) is 4.79 Å². The van der Waals surface area contributed by atoms with Crippen LogP contribution in [0.5, 0.6) is 5.75 Å². The number of rotatable bonds is 5. The molecule has 0 aliphatic heterocycles. The number of ether oxygens (including phenoxy) is 1. The fraction of sp³-hybridized carbons (Fsp3) is 0.0833. The van der Waals surface area contributed by atoms with Gasteiger partial charge in [-0.2, -0.15) is 5.26 Å². The van der Waals surface area contributed by atoms with Gasteiger partial charge in [-0.25, -0.2) is 4.79 Å². The number of aliphatic carboxylic acids is 1. The number of thiocarbonyl (C=S) groups is 1. The van der Waals surface area contributed by atoms with Gasteiger partial charge < -0.3 is 15.6 Å². The van der Waals surface area contributed by atoms with Gasteiger partial charge in [0.15, 0.2) is 6.61 Å². The summed E-state index contributed by atoms with van der Waals surface area (Å²) >= 11 is 8.02. The molecule has 5 nitrogen and oxygen atoms in total. The van der Waals surface area contributed by atoms with Crippen molar-refractivity contribution in [2.45, 2.75) is 0 Å². The van der Waals surface area contributed by atoms with Crippen molar-refractivity contribution < 1.29 is 14.6 Å². The van der Waals surface area contributed by atoms with Gasteiger partial charge in [-0.15, -0.1) is 0 Å². The molecule has 0 bridgehead atoms. The van der Waals surface area contributed by atoms with Crippen LogP contribution in [0.2, 0.25) is 0 Å². The molecule has 1 aromatic carbocycles. The lowest BCUT2D eigenvalue weighted by Gasteiger charge is -2.08. The van der Waals surface area contributed by atoms with E-state index in [0.29, 0.717) is 11.3 Å². The van der Waals surface area contributed by atoms with E-state index in [4.69, 9.17) is 33.1 Å². The summed E-state index contributed by atoms with van der Waals surface area (Å²) in [6.07, 6.45) is 1.45. The van der Waals surface area contributed by atoms with Crippen molar-refractivity contribution in [1.82, 2.24) is 0 Å². The van der Waals surface area contributed by atoms with Crippen LogP contribution in [0.3, 0.4) is 0 Å². The highest BCUT2D eigenvalue weighted by Gasteiger charge is 2.07. The van der Waals surface area contributed by atoms with Gasteiger partial charge in [0.1, 0.15) is 16.8 Å². The molecule has 98 valence electrons. The Morgan fingerprint density at radius 1 is 1.63 bits per heavy atom. The van der Waals surface area contributed by atoms with Crippen molar-refractivity contribution in [2.75, 3.05) is 6.61 Å².